The van der Waals surface area contributed by atoms with Crippen molar-refractivity contribution in [2.24, 2.45) is 0 Å². The van der Waals surface area contributed by atoms with Gasteiger partial charge in [-0.05, 0) is 25.0 Å². The van der Waals surface area contributed by atoms with E-state index in [1.54, 1.807) is 12.1 Å². The van der Waals surface area contributed by atoms with Crippen LogP contribution >= 0.6 is 11.6 Å². The molecule has 0 bridgehead atoms. The maximum Gasteiger partial charge on any atom is 0.251 e. The van der Waals surface area contributed by atoms with Crippen molar-refractivity contribution in [1.29, 1.82) is 0 Å². The van der Waals surface area contributed by atoms with Gasteiger partial charge in [-0.2, -0.15) is 0 Å². The van der Waals surface area contributed by atoms with Gasteiger partial charge in [0.05, 0.1) is 0 Å². The quantitative estimate of drug-likeness (QED) is 0.805. The third-order valence-electron chi connectivity index (χ3n) is 2.00. The van der Waals surface area contributed by atoms with E-state index in [1.807, 2.05) is 20.8 Å². The average Bonchev–Trinajstić information content (AvgIpc) is 2.17. The smallest absolute Gasteiger partial charge is 0.251 e. The number of hydrogen-bond acceptors (Lipinski definition) is 2. The van der Waals surface area contributed by atoms with Crippen molar-refractivity contribution in [2.45, 2.75) is 26.7 Å². The molecule has 1 aromatic rings. The first-order valence-corrected chi connectivity index (χ1v) is 5.38. The van der Waals surface area contributed by atoms with E-state index in [0.717, 1.165) is 5.69 Å². The van der Waals surface area contributed by atoms with Crippen molar-refractivity contribution >= 4 is 17.5 Å². The number of nitrogens with one attached hydrogen (secondary N) is 1. The van der Waals surface area contributed by atoms with E-state index in [0.29, 0.717) is 17.3 Å². The number of carbonyl (C=O) groups is 1. The molecule has 3 nitrogen and oxygen atoms in total. The topological polar surface area (TPSA) is 42.0 Å². The standard InChI is InChI=1S/C11H15ClN2O/c1-4-13-11(15)8-5-9(7(2)3)14-10(12)6-8/h5-7H,4H2,1-3H3,(H,13,15). The Morgan fingerprint density at radius 2 is 2.20 bits per heavy atom. The first kappa shape index (κ1) is 12.0. The molecule has 0 fully saturated rings. The minimum Gasteiger partial charge on any atom is -0.352 e. The Kier molecular flexibility index (Phi) is 4.09. The van der Waals surface area contributed by atoms with Gasteiger partial charge in [0.15, 0.2) is 0 Å². The number of halogens is 1. The Labute approximate surface area is 94.9 Å². The normalized spacial score (nSPS) is 10.5. The van der Waals surface area contributed by atoms with Crippen LogP contribution in [0.4, 0.5) is 0 Å². The van der Waals surface area contributed by atoms with Crippen LogP contribution in [0.15, 0.2) is 12.1 Å². The second kappa shape index (κ2) is 5.12. The second-order valence-electron chi connectivity index (χ2n) is 3.62. The van der Waals surface area contributed by atoms with Crippen LogP contribution in [-0.2, 0) is 0 Å². The minimum absolute atomic E-state index is 0.108. The lowest BCUT2D eigenvalue weighted by atomic mass is 10.1. The highest BCUT2D eigenvalue weighted by atomic mass is 35.5. The van der Waals surface area contributed by atoms with Crippen molar-refractivity contribution in [3.63, 3.8) is 0 Å². The Morgan fingerprint density at radius 3 is 2.73 bits per heavy atom. The van der Waals surface area contributed by atoms with Gasteiger partial charge in [-0.25, -0.2) is 4.98 Å². The van der Waals surface area contributed by atoms with Crippen LogP contribution < -0.4 is 5.32 Å². The number of aromatic nitrogens is 1. The molecule has 0 atom stereocenters. The lowest BCUT2D eigenvalue weighted by molar-refractivity contribution is 0.0955. The Morgan fingerprint density at radius 1 is 1.53 bits per heavy atom. The molecule has 1 heterocycles. The summed E-state index contributed by atoms with van der Waals surface area (Å²) in [5, 5.41) is 3.09. The van der Waals surface area contributed by atoms with Crippen molar-refractivity contribution in [3.05, 3.63) is 28.5 Å². The van der Waals surface area contributed by atoms with Gasteiger partial charge in [0.2, 0.25) is 0 Å². The molecule has 0 aliphatic heterocycles. The number of amides is 1. The number of nitrogens with zero attached hydrogens (tertiary/aromatic N) is 1. The monoisotopic (exact) mass is 226 g/mol. The molecular formula is C11H15ClN2O. The van der Waals surface area contributed by atoms with Crippen molar-refractivity contribution in [3.8, 4) is 0 Å². The maximum absolute atomic E-state index is 11.6. The lowest BCUT2D eigenvalue weighted by Gasteiger charge is -2.08. The minimum atomic E-state index is -0.108. The molecule has 1 N–H and O–H groups in total. The summed E-state index contributed by atoms with van der Waals surface area (Å²) in [6, 6.07) is 3.36. The molecule has 4 heteroatoms. The van der Waals surface area contributed by atoms with Gasteiger partial charge < -0.3 is 5.32 Å². The van der Waals surface area contributed by atoms with Crippen LogP contribution in [0.2, 0.25) is 5.15 Å². The number of pyridine rings is 1. The fourth-order valence-corrected chi connectivity index (χ4v) is 1.42. The van der Waals surface area contributed by atoms with E-state index in [2.05, 4.69) is 10.3 Å². The molecule has 0 aliphatic rings. The Bertz CT molecular complexity index is 364. The lowest BCUT2D eigenvalue weighted by Crippen LogP contribution is -2.23. The zero-order valence-electron chi connectivity index (χ0n) is 9.17. The molecular weight excluding hydrogens is 212 g/mol. The van der Waals surface area contributed by atoms with Gasteiger partial charge in [-0.1, -0.05) is 25.4 Å². The molecule has 1 rings (SSSR count). The van der Waals surface area contributed by atoms with Gasteiger partial charge in [0.1, 0.15) is 5.15 Å². The predicted molar refractivity (Wildman–Crippen MR) is 61.3 cm³/mol. The van der Waals surface area contributed by atoms with Crippen LogP contribution in [0.25, 0.3) is 0 Å². The summed E-state index contributed by atoms with van der Waals surface area (Å²) in [6.45, 7) is 6.51. The van der Waals surface area contributed by atoms with Crippen molar-refractivity contribution < 1.29 is 4.79 Å². The van der Waals surface area contributed by atoms with E-state index in [-0.39, 0.29) is 11.8 Å². The zero-order chi connectivity index (χ0) is 11.4. The molecule has 0 unspecified atom stereocenters. The molecule has 82 valence electrons. The number of carbonyl (C=O) groups excluding carboxylic acids is 1. The molecule has 1 amide bonds. The average molecular weight is 227 g/mol. The van der Waals surface area contributed by atoms with Crippen LogP contribution in [0, 0.1) is 0 Å². The van der Waals surface area contributed by atoms with Crippen LogP contribution in [0.3, 0.4) is 0 Å². The highest BCUT2D eigenvalue weighted by molar-refractivity contribution is 6.29. The Hall–Kier alpha value is -1.09. The third-order valence-corrected chi connectivity index (χ3v) is 2.20. The summed E-state index contributed by atoms with van der Waals surface area (Å²) in [5.74, 6) is 0.153. The summed E-state index contributed by atoms with van der Waals surface area (Å²) in [4.78, 5) is 15.7. The SMILES string of the molecule is CCNC(=O)c1cc(Cl)nc(C(C)C)c1. The van der Waals surface area contributed by atoms with E-state index in [1.165, 1.54) is 0 Å². The summed E-state index contributed by atoms with van der Waals surface area (Å²) in [7, 11) is 0. The van der Waals surface area contributed by atoms with E-state index < -0.39 is 0 Å². The summed E-state index contributed by atoms with van der Waals surface area (Å²) in [6.07, 6.45) is 0. The fourth-order valence-electron chi connectivity index (χ4n) is 1.21. The molecule has 0 saturated carbocycles. The molecule has 0 saturated heterocycles. The van der Waals surface area contributed by atoms with E-state index >= 15 is 0 Å². The van der Waals surface area contributed by atoms with Gasteiger partial charge in [0.25, 0.3) is 5.91 Å². The van der Waals surface area contributed by atoms with Crippen molar-refractivity contribution in [1.82, 2.24) is 10.3 Å². The third kappa shape index (κ3) is 3.20. The molecule has 0 radical (unpaired) electrons. The van der Waals surface area contributed by atoms with Gasteiger partial charge >= 0.3 is 0 Å². The highest BCUT2D eigenvalue weighted by Crippen LogP contribution is 2.17. The second-order valence-corrected chi connectivity index (χ2v) is 4.00. The van der Waals surface area contributed by atoms with Gasteiger partial charge in [-0.3, -0.25) is 4.79 Å². The molecule has 0 aliphatic carbocycles. The summed E-state index contributed by atoms with van der Waals surface area (Å²) >= 11 is 5.85. The molecule has 1 aromatic heterocycles. The highest BCUT2D eigenvalue weighted by Gasteiger charge is 2.10. The number of rotatable bonds is 3. The van der Waals surface area contributed by atoms with Crippen LogP contribution in [0.1, 0.15) is 42.7 Å². The first-order chi connectivity index (χ1) is 7.04. The van der Waals surface area contributed by atoms with Gasteiger partial charge in [0, 0.05) is 17.8 Å². The molecule has 0 spiro atoms. The van der Waals surface area contributed by atoms with Crippen LogP contribution in [-0.4, -0.2) is 17.4 Å². The predicted octanol–water partition coefficient (Wildman–Crippen LogP) is 2.61. The summed E-state index contributed by atoms with van der Waals surface area (Å²) in [5.41, 5.74) is 1.41. The Balaban J connectivity index is 3.03. The summed E-state index contributed by atoms with van der Waals surface area (Å²) < 4.78 is 0. The van der Waals surface area contributed by atoms with Gasteiger partial charge in [-0.15, -0.1) is 0 Å². The zero-order valence-corrected chi connectivity index (χ0v) is 9.93. The van der Waals surface area contributed by atoms with Crippen LogP contribution in [0.5, 0.6) is 0 Å². The number of hydrogen-bond donors (Lipinski definition) is 1. The largest absolute Gasteiger partial charge is 0.352 e. The molecule has 0 aromatic carbocycles. The van der Waals surface area contributed by atoms with E-state index in [4.69, 9.17) is 11.6 Å². The van der Waals surface area contributed by atoms with Crippen molar-refractivity contribution in [2.75, 3.05) is 6.54 Å². The maximum atomic E-state index is 11.6. The fraction of sp³-hybridized carbons (Fsp3) is 0.455. The molecule has 15 heavy (non-hydrogen) atoms. The van der Waals surface area contributed by atoms with E-state index in [9.17, 15) is 4.79 Å². The first-order valence-electron chi connectivity index (χ1n) is 5.00.